The second-order valence-corrected chi connectivity index (χ2v) is 3.25. The molecule has 0 unspecified atom stereocenters. The van der Waals surface area contributed by atoms with Crippen molar-refractivity contribution in [1.82, 2.24) is 5.32 Å². The molecule has 1 aliphatic rings. The molecule has 0 radical (unpaired) electrons. The molecule has 0 aromatic rings. The maximum atomic E-state index is 5.43. The van der Waals surface area contributed by atoms with Crippen molar-refractivity contribution in [2.45, 2.75) is 18.4 Å². The van der Waals surface area contributed by atoms with Gasteiger partial charge in [0.05, 0.1) is 13.2 Å². The van der Waals surface area contributed by atoms with Crippen LogP contribution in [0, 0.1) is 0 Å². The summed E-state index contributed by atoms with van der Waals surface area (Å²) in [4.78, 5) is 0. The summed E-state index contributed by atoms with van der Waals surface area (Å²) in [5.41, 5.74) is 0.0712. The third-order valence-corrected chi connectivity index (χ3v) is 2.19. The second-order valence-electron chi connectivity index (χ2n) is 3.25. The Hall–Kier alpha value is -0.600. The van der Waals surface area contributed by atoms with Gasteiger partial charge in [-0.25, -0.2) is 0 Å². The minimum Gasteiger partial charge on any atom is -0.378 e. The number of ether oxygens (including phenoxy) is 1. The maximum absolute atomic E-state index is 5.43. The highest BCUT2D eigenvalue weighted by Gasteiger charge is 2.29. The first-order valence-electron chi connectivity index (χ1n) is 4.37. The standard InChI is InChI=1S/C10H17NO/c1-3-5-10(6-4-2)9-12-8-7-11-10/h3-4,11H,1-2,5-9H2. The van der Waals surface area contributed by atoms with Gasteiger partial charge in [0.25, 0.3) is 0 Å². The third-order valence-electron chi connectivity index (χ3n) is 2.19. The molecule has 2 nitrogen and oxygen atoms in total. The van der Waals surface area contributed by atoms with E-state index in [1.807, 2.05) is 12.2 Å². The van der Waals surface area contributed by atoms with Crippen LogP contribution in [0.1, 0.15) is 12.8 Å². The van der Waals surface area contributed by atoms with Crippen LogP contribution in [0.2, 0.25) is 0 Å². The molecular formula is C10H17NO. The van der Waals surface area contributed by atoms with Gasteiger partial charge in [0.2, 0.25) is 0 Å². The van der Waals surface area contributed by atoms with E-state index in [0.717, 1.165) is 32.6 Å². The van der Waals surface area contributed by atoms with Gasteiger partial charge in [-0.3, -0.25) is 0 Å². The van der Waals surface area contributed by atoms with Gasteiger partial charge < -0.3 is 10.1 Å². The summed E-state index contributed by atoms with van der Waals surface area (Å²) >= 11 is 0. The van der Waals surface area contributed by atoms with E-state index in [-0.39, 0.29) is 5.54 Å². The Morgan fingerprint density at radius 3 is 2.42 bits per heavy atom. The summed E-state index contributed by atoms with van der Waals surface area (Å²) in [5, 5.41) is 3.47. The van der Waals surface area contributed by atoms with Gasteiger partial charge >= 0.3 is 0 Å². The number of hydrogen-bond donors (Lipinski definition) is 1. The summed E-state index contributed by atoms with van der Waals surface area (Å²) in [7, 11) is 0. The average molecular weight is 167 g/mol. The van der Waals surface area contributed by atoms with Gasteiger partial charge in [0, 0.05) is 12.1 Å². The molecule has 0 saturated carbocycles. The molecule has 2 heteroatoms. The normalized spacial score (nSPS) is 21.7. The SMILES string of the molecule is C=CCC1(CC=C)COCCN1. The molecule has 1 N–H and O–H groups in total. The summed E-state index contributed by atoms with van der Waals surface area (Å²) in [6.07, 6.45) is 5.76. The van der Waals surface area contributed by atoms with Crippen LogP contribution >= 0.6 is 0 Å². The largest absolute Gasteiger partial charge is 0.378 e. The molecule has 1 aliphatic heterocycles. The Labute approximate surface area is 74.3 Å². The second kappa shape index (κ2) is 4.43. The molecule has 1 saturated heterocycles. The van der Waals surface area contributed by atoms with Crippen molar-refractivity contribution in [3.05, 3.63) is 25.3 Å². The molecule has 0 aromatic carbocycles. The van der Waals surface area contributed by atoms with Crippen molar-refractivity contribution in [3.63, 3.8) is 0 Å². The Morgan fingerprint density at radius 2 is 2.00 bits per heavy atom. The van der Waals surface area contributed by atoms with E-state index in [1.165, 1.54) is 0 Å². The fraction of sp³-hybridized carbons (Fsp3) is 0.600. The Bertz CT molecular complexity index is 147. The van der Waals surface area contributed by atoms with E-state index in [2.05, 4.69) is 18.5 Å². The first kappa shape index (κ1) is 9.49. The molecule has 0 spiro atoms. The molecule has 0 bridgehead atoms. The lowest BCUT2D eigenvalue weighted by Gasteiger charge is -2.36. The summed E-state index contributed by atoms with van der Waals surface area (Å²) in [6.45, 7) is 10.0. The van der Waals surface area contributed by atoms with Crippen LogP contribution in [0.3, 0.4) is 0 Å². The van der Waals surface area contributed by atoms with Crippen LogP contribution < -0.4 is 5.32 Å². The molecule has 1 fully saturated rings. The lowest BCUT2D eigenvalue weighted by Crippen LogP contribution is -2.53. The highest BCUT2D eigenvalue weighted by Crippen LogP contribution is 2.19. The lowest BCUT2D eigenvalue weighted by molar-refractivity contribution is 0.0296. The highest BCUT2D eigenvalue weighted by atomic mass is 16.5. The summed E-state index contributed by atoms with van der Waals surface area (Å²) in [5.74, 6) is 0. The molecule has 0 atom stereocenters. The Kier molecular flexibility index (Phi) is 3.50. The molecule has 1 heterocycles. The minimum absolute atomic E-state index is 0.0712. The third kappa shape index (κ3) is 2.19. The minimum atomic E-state index is 0.0712. The van der Waals surface area contributed by atoms with Crippen molar-refractivity contribution in [1.29, 1.82) is 0 Å². The summed E-state index contributed by atoms with van der Waals surface area (Å²) < 4.78 is 5.43. The zero-order valence-corrected chi connectivity index (χ0v) is 7.51. The van der Waals surface area contributed by atoms with E-state index >= 15 is 0 Å². The van der Waals surface area contributed by atoms with E-state index in [1.54, 1.807) is 0 Å². The van der Waals surface area contributed by atoms with Crippen molar-refractivity contribution >= 4 is 0 Å². The van der Waals surface area contributed by atoms with Gasteiger partial charge in [0.15, 0.2) is 0 Å². The maximum Gasteiger partial charge on any atom is 0.0655 e. The van der Waals surface area contributed by atoms with Crippen LogP contribution in [0.15, 0.2) is 25.3 Å². The van der Waals surface area contributed by atoms with Crippen LogP contribution in [0.25, 0.3) is 0 Å². The van der Waals surface area contributed by atoms with Crippen LogP contribution in [0.4, 0.5) is 0 Å². The first-order chi connectivity index (χ1) is 5.83. The van der Waals surface area contributed by atoms with Crippen LogP contribution in [0.5, 0.6) is 0 Å². The molecule has 1 rings (SSSR count). The van der Waals surface area contributed by atoms with Gasteiger partial charge in [0.1, 0.15) is 0 Å². The predicted octanol–water partition coefficient (Wildman–Crippen LogP) is 1.50. The quantitative estimate of drug-likeness (QED) is 0.641. The van der Waals surface area contributed by atoms with Gasteiger partial charge in [-0.1, -0.05) is 12.2 Å². The molecule has 0 aromatic heterocycles. The molecule has 0 aliphatic carbocycles. The fourth-order valence-corrected chi connectivity index (χ4v) is 1.61. The fourth-order valence-electron chi connectivity index (χ4n) is 1.61. The summed E-state index contributed by atoms with van der Waals surface area (Å²) in [6, 6.07) is 0. The van der Waals surface area contributed by atoms with Crippen LogP contribution in [-0.2, 0) is 4.74 Å². The van der Waals surface area contributed by atoms with Crippen LogP contribution in [-0.4, -0.2) is 25.3 Å². The molecule has 68 valence electrons. The monoisotopic (exact) mass is 167 g/mol. The smallest absolute Gasteiger partial charge is 0.0655 e. The number of hydrogen-bond acceptors (Lipinski definition) is 2. The first-order valence-corrected chi connectivity index (χ1v) is 4.37. The van der Waals surface area contributed by atoms with E-state index in [0.29, 0.717) is 0 Å². The number of rotatable bonds is 4. The number of morpholine rings is 1. The zero-order chi connectivity index (χ0) is 8.86. The van der Waals surface area contributed by atoms with Crippen molar-refractivity contribution in [3.8, 4) is 0 Å². The van der Waals surface area contributed by atoms with E-state index in [4.69, 9.17) is 4.74 Å². The average Bonchev–Trinajstić information content (AvgIpc) is 2.07. The van der Waals surface area contributed by atoms with Crippen molar-refractivity contribution < 1.29 is 4.74 Å². The lowest BCUT2D eigenvalue weighted by atomic mass is 9.91. The predicted molar refractivity (Wildman–Crippen MR) is 51.2 cm³/mol. The molecular weight excluding hydrogens is 150 g/mol. The van der Waals surface area contributed by atoms with Crippen molar-refractivity contribution in [2.24, 2.45) is 0 Å². The Balaban J connectivity index is 2.55. The topological polar surface area (TPSA) is 21.3 Å². The zero-order valence-electron chi connectivity index (χ0n) is 7.51. The molecule has 0 amide bonds. The van der Waals surface area contributed by atoms with E-state index < -0.39 is 0 Å². The van der Waals surface area contributed by atoms with Gasteiger partial charge in [-0.15, -0.1) is 13.2 Å². The Morgan fingerprint density at radius 1 is 1.33 bits per heavy atom. The van der Waals surface area contributed by atoms with E-state index in [9.17, 15) is 0 Å². The number of nitrogens with one attached hydrogen (secondary N) is 1. The molecule has 12 heavy (non-hydrogen) atoms. The van der Waals surface area contributed by atoms with Gasteiger partial charge in [-0.2, -0.15) is 0 Å². The van der Waals surface area contributed by atoms with Gasteiger partial charge in [-0.05, 0) is 12.8 Å². The highest BCUT2D eigenvalue weighted by molar-refractivity contribution is 4.99. The van der Waals surface area contributed by atoms with Crippen molar-refractivity contribution in [2.75, 3.05) is 19.8 Å².